The van der Waals surface area contributed by atoms with E-state index in [-0.39, 0.29) is 5.71 Å². The van der Waals surface area contributed by atoms with Crippen molar-refractivity contribution in [2.45, 2.75) is 0 Å². The quantitative estimate of drug-likeness (QED) is 0.628. The van der Waals surface area contributed by atoms with E-state index in [4.69, 9.17) is 11.7 Å². The maximum Gasteiger partial charge on any atom is 0.325 e. The SMILES string of the molecule is [CH]C(=NOS(C)(=O)=O)c1ccc(OC)c(-c2ccccc2)c1. The van der Waals surface area contributed by atoms with E-state index in [1.54, 1.807) is 25.3 Å². The Hall–Kier alpha value is -2.34. The minimum Gasteiger partial charge on any atom is -0.496 e. The second-order valence-corrected chi connectivity index (χ2v) is 6.09. The van der Waals surface area contributed by atoms with Gasteiger partial charge in [-0.15, -0.1) is 0 Å². The summed E-state index contributed by atoms with van der Waals surface area (Å²) in [7, 11) is -2.12. The molecule has 0 atom stereocenters. The Morgan fingerprint density at radius 3 is 2.41 bits per heavy atom. The van der Waals surface area contributed by atoms with Gasteiger partial charge in [-0.1, -0.05) is 35.5 Å². The number of hydrogen-bond acceptors (Lipinski definition) is 5. The van der Waals surface area contributed by atoms with Crippen LogP contribution in [0.25, 0.3) is 11.1 Å². The Balaban J connectivity index is 2.44. The fraction of sp³-hybridized carbons (Fsp3) is 0.125. The Kier molecular flexibility index (Phi) is 4.82. The van der Waals surface area contributed by atoms with Crippen LogP contribution in [0.3, 0.4) is 0 Å². The summed E-state index contributed by atoms with van der Waals surface area (Å²) >= 11 is 0. The first kappa shape index (κ1) is 16.0. The monoisotopic (exact) mass is 317 g/mol. The first-order valence-electron chi connectivity index (χ1n) is 6.36. The fourth-order valence-corrected chi connectivity index (χ4v) is 2.09. The average molecular weight is 317 g/mol. The fourth-order valence-electron chi connectivity index (χ4n) is 1.87. The molecule has 114 valence electrons. The lowest BCUT2D eigenvalue weighted by Gasteiger charge is -2.10. The van der Waals surface area contributed by atoms with Crippen LogP contribution >= 0.6 is 0 Å². The van der Waals surface area contributed by atoms with Gasteiger partial charge in [-0.2, -0.15) is 8.42 Å². The molecular formula is C16H15NO4S. The van der Waals surface area contributed by atoms with E-state index < -0.39 is 10.1 Å². The highest BCUT2D eigenvalue weighted by molar-refractivity contribution is 7.85. The number of oxime groups is 1. The molecule has 0 amide bonds. The van der Waals surface area contributed by atoms with Crippen LogP contribution in [-0.2, 0) is 14.4 Å². The van der Waals surface area contributed by atoms with E-state index >= 15 is 0 Å². The average Bonchev–Trinajstić information content (AvgIpc) is 2.52. The predicted molar refractivity (Wildman–Crippen MR) is 85.2 cm³/mol. The van der Waals surface area contributed by atoms with E-state index in [1.807, 2.05) is 30.3 Å². The predicted octanol–water partition coefficient (Wildman–Crippen LogP) is 2.75. The van der Waals surface area contributed by atoms with Gasteiger partial charge in [-0.3, -0.25) is 4.28 Å². The van der Waals surface area contributed by atoms with Gasteiger partial charge in [0.2, 0.25) is 0 Å². The van der Waals surface area contributed by atoms with Crippen LogP contribution in [0.4, 0.5) is 0 Å². The Bertz CT molecular complexity index is 783. The van der Waals surface area contributed by atoms with Crippen molar-refractivity contribution in [1.29, 1.82) is 0 Å². The van der Waals surface area contributed by atoms with Crippen LogP contribution in [-0.4, -0.2) is 27.5 Å². The van der Waals surface area contributed by atoms with Crippen molar-refractivity contribution in [2.24, 2.45) is 5.16 Å². The van der Waals surface area contributed by atoms with Crippen molar-refractivity contribution >= 4 is 15.8 Å². The summed E-state index contributed by atoms with van der Waals surface area (Å²) < 4.78 is 31.6. The van der Waals surface area contributed by atoms with Crippen molar-refractivity contribution in [2.75, 3.05) is 13.4 Å². The van der Waals surface area contributed by atoms with E-state index in [0.29, 0.717) is 11.3 Å². The summed E-state index contributed by atoms with van der Waals surface area (Å²) in [6, 6.07) is 14.8. The van der Waals surface area contributed by atoms with Gasteiger partial charge < -0.3 is 4.74 Å². The first-order valence-corrected chi connectivity index (χ1v) is 8.18. The van der Waals surface area contributed by atoms with Gasteiger partial charge >= 0.3 is 10.1 Å². The van der Waals surface area contributed by atoms with Gasteiger partial charge in [0, 0.05) is 18.1 Å². The zero-order valence-electron chi connectivity index (χ0n) is 12.2. The molecule has 5 nitrogen and oxygen atoms in total. The highest BCUT2D eigenvalue weighted by Gasteiger charge is 2.09. The Morgan fingerprint density at radius 2 is 1.82 bits per heavy atom. The molecule has 2 radical (unpaired) electrons. The third-order valence-corrected chi connectivity index (χ3v) is 3.20. The molecule has 2 rings (SSSR count). The lowest BCUT2D eigenvalue weighted by atomic mass is 10.0. The van der Waals surface area contributed by atoms with Crippen molar-refractivity contribution < 1.29 is 17.4 Å². The minimum atomic E-state index is -3.69. The van der Waals surface area contributed by atoms with Crippen molar-refractivity contribution in [3.63, 3.8) is 0 Å². The number of methoxy groups -OCH3 is 1. The minimum absolute atomic E-state index is 0.0368. The number of benzene rings is 2. The first-order chi connectivity index (χ1) is 10.4. The smallest absolute Gasteiger partial charge is 0.325 e. The normalized spacial score (nSPS) is 12.0. The Morgan fingerprint density at radius 1 is 1.14 bits per heavy atom. The van der Waals surface area contributed by atoms with Gasteiger partial charge in [-0.05, 0) is 23.8 Å². The molecule has 0 aromatic heterocycles. The molecule has 0 N–H and O–H groups in total. The number of ether oxygens (including phenoxy) is 1. The molecule has 6 heteroatoms. The van der Waals surface area contributed by atoms with E-state index in [1.165, 1.54) is 0 Å². The van der Waals surface area contributed by atoms with Gasteiger partial charge in [0.15, 0.2) is 0 Å². The third-order valence-electron chi connectivity index (χ3n) is 2.85. The molecule has 2 aromatic rings. The molecule has 0 aliphatic rings. The summed E-state index contributed by atoms with van der Waals surface area (Å²) in [5.74, 6) is 0.673. The number of hydrogen-bond donors (Lipinski definition) is 0. The van der Waals surface area contributed by atoms with Crippen molar-refractivity contribution in [3.8, 4) is 16.9 Å². The van der Waals surface area contributed by atoms with Crippen LogP contribution < -0.4 is 4.74 Å². The molecule has 2 aromatic carbocycles. The summed E-state index contributed by atoms with van der Waals surface area (Å²) in [6.45, 7) is 5.76. The molecular weight excluding hydrogens is 302 g/mol. The highest BCUT2D eigenvalue weighted by atomic mass is 32.2. The maximum atomic E-state index is 11.0. The molecule has 0 bridgehead atoms. The molecule has 0 heterocycles. The maximum absolute atomic E-state index is 11.0. The third kappa shape index (κ3) is 4.08. The summed E-state index contributed by atoms with van der Waals surface area (Å²) in [4.78, 5) is 0. The van der Waals surface area contributed by atoms with Crippen LogP contribution in [0, 0.1) is 6.92 Å². The second kappa shape index (κ2) is 6.62. The van der Waals surface area contributed by atoms with Gasteiger partial charge in [0.25, 0.3) is 0 Å². The van der Waals surface area contributed by atoms with Gasteiger partial charge in [-0.25, -0.2) is 0 Å². The summed E-state index contributed by atoms with van der Waals surface area (Å²) in [5.41, 5.74) is 2.25. The van der Waals surface area contributed by atoms with Crippen molar-refractivity contribution in [3.05, 3.63) is 61.0 Å². The zero-order valence-corrected chi connectivity index (χ0v) is 13.0. The van der Waals surface area contributed by atoms with Crippen LogP contribution in [0.15, 0.2) is 53.7 Å². The molecule has 0 aliphatic heterocycles. The highest BCUT2D eigenvalue weighted by Crippen LogP contribution is 2.30. The van der Waals surface area contributed by atoms with Crippen LogP contribution in [0.2, 0.25) is 0 Å². The topological polar surface area (TPSA) is 65.0 Å². The lowest BCUT2D eigenvalue weighted by Crippen LogP contribution is -2.02. The van der Waals surface area contributed by atoms with E-state index in [9.17, 15) is 8.42 Å². The molecule has 0 fully saturated rings. The summed E-state index contributed by atoms with van der Waals surface area (Å²) in [5, 5.41) is 3.42. The van der Waals surface area contributed by atoms with Gasteiger partial charge in [0.1, 0.15) is 5.75 Å². The van der Waals surface area contributed by atoms with Crippen molar-refractivity contribution in [1.82, 2.24) is 0 Å². The van der Waals surface area contributed by atoms with E-state index in [2.05, 4.69) is 9.44 Å². The van der Waals surface area contributed by atoms with Crippen LogP contribution in [0.1, 0.15) is 5.56 Å². The molecule has 0 unspecified atom stereocenters. The number of nitrogens with zero attached hydrogens (tertiary/aromatic N) is 1. The molecule has 22 heavy (non-hydrogen) atoms. The molecule has 0 saturated carbocycles. The number of rotatable bonds is 5. The molecule has 0 spiro atoms. The molecule has 0 aliphatic carbocycles. The Labute approximate surface area is 130 Å². The zero-order chi connectivity index (χ0) is 16.2. The van der Waals surface area contributed by atoms with Gasteiger partial charge in [0.05, 0.1) is 19.1 Å². The molecule has 0 saturated heterocycles. The van der Waals surface area contributed by atoms with Crippen LogP contribution in [0.5, 0.6) is 5.75 Å². The lowest BCUT2D eigenvalue weighted by molar-refractivity contribution is 0.343. The second-order valence-electron chi connectivity index (χ2n) is 4.54. The largest absolute Gasteiger partial charge is 0.496 e. The standard InChI is InChI=1S/C16H15NO4S/c1-12(17-21-22(3,18)19)14-9-10-16(20-2)15(11-14)13-7-5-4-6-8-13/h1,4-11H,2-3H3. The summed E-state index contributed by atoms with van der Waals surface area (Å²) in [6.07, 6.45) is 0.896. The van der Waals surface area contributed by atoms with E-state index in [0.717, 1.165) is 17.4 Å².